The third-order valence-corrected chi connectivity index (χ3v) is 5.13. The zero-order chi connectivity index (χ0) is 19.6. The summed E-state index contributed by atoms with van der Waals surface area (Å²) in [6.45, 7) is 4.11. The van der Waals surface area contributed by atoms with Crippen LogP contribution in [0.4, 0.5) is 5.69 Å². The minimum absolute atomic E-state index is 0.122. The second-order valence-electron chi connectivity index (χ2n) is 5.70. The maximum atomic E-state index is 12.3. The molecule has 0 aliphatic carbocycles. The lowest BCUT2D eigenvalue weighted by molar-refractivity contribution is -0.115. The van der Waals surface area contributed by atoms with Gasteiger partial charge in [0.1, 0.15) is 0 Å². The number of carbonyl (C=O) groups is 1. The van der Waals surface area contributed by atoms with Crippen molar-refractivity contribution in [1.29, 1.82) is 0 Å². The number of benzene rings is 2. The highest BCUT2D eigenvalue weighted by atomic mass is 35.5. The maximum Gasteiger partial charge on any atom is 0.264 e. The fourth-order valence-corrected chi connectivity index (χ4v) is 3.61. The topological polar surface area (TPSA) is 70.9 Å². The van der Waals surface area contributed by atoms with Gasteiger partial charge in [0.25, 0.3) is 5.91 Å². The van der Waals surface area contributed by atoms with Crippen LogP contribution in [-0.4, -0.2) is 22.8 Å². The quantitative estimate of drug-likeness (QED) is 0.655. The number of amides is 1. The summed E-state index contributed by atoms with van der Waals surface area (Å²) in [5.41, 5.74) is 2.28. The van der Waals surface area contributed by atoms with Crippen molar-refractivity contribution in [2.24, 2.45) is 4.99 Å². The van der Waals surface area contributed by atoms with E-state index in [2.05, 4.69) is 10.3 Å². The molecule has 8 heteroatoms. The van der Waals surface area contributed by atoms with Crippen LogP contribution in [0.3, 0.4) is 0 Å². The lowest BCUT2D eigenvalue weighted by Gasteiger charge is -2.08. The average molecular weight is 423 g/mol. The molecule has 0 unspecified atom stereocenters. The number of amidine groups is 1. The standard InChI is InChI=1S/C19H16Cl2N2O3S/c1-3-26-15-7-11(6-13(21)17(15)24)8-16-18(25)23-19(27-16)22-14-9-12(20)5-4-10(14)2/h4-9,24H,3H2,1-2H3,(H,22,23,25)/b16-8-. The minimum atomic E-state index is -0.263. The molecule has 27 heavy (non-hydrogen) atoms. The number of hydrogen-bond acceptors (Lipinski definition) is 5. The molecule has 0 saturated carbocycles. The molecule has 3 rings (SSSR count). The van der Waals surface area contributed by atoms with Gasteiger partial charge < -0.3 is 15.2 Å². The van der Waals surface area contributed by atoms with Gasteiger partial charge >= 0.3 is 0 Å². The monoisotopic (exact) mass is 422 g/mol. The summed E-state index contributed by atoms with van der Waals surface area (Å²) in [7, 11) is 0. The highest BCUT2D eigenvalue weighted by Crippen LogP contribution is 2.37. The molecule has 0 aromatic heterocycles. The molecule has 2 aromatic carbocycles. The number of aliphatic imine (C=N–C) groups is 1. The van der Waals surface area contributed by atoms with Crippen LogP contribution in [0.15, 0.2) is 40.2 Å². The Labute approximate surface area is 171 Å². The number of aryl methyl sites for hydroxylation is 1. The van der Waals surface area contributed by atoms with Gasteiger partial charge in [-0.15, -0.1) is 0 Å². The first-order chi connectivity index (χ1) is 12.9. The van der Waals surface area contributed by atoms with Gasteiger partial charge in [0.2, 0.25) is 0 Å². The Balaban J connectivity index is 1.90. The van der Waals surface area contributed by atoms with Gasteiger partial charge in [-0.3, -0.25) is 4.79 Å². The molecule has 140 valence electrons. The largest absolute Gasteiger partial charge is 0.503 e. The summed E-state index contributed by atoms with van der Waals surface area (Å²) < 4.78 is 5.37. The Morgan fingerprint density at radius 2 is 2.07 bits per heavy atom. The van der Waals surface area contributed by atoms with E-state index in [9.17, 15) is 9.90 Å². The van der Waals surface area contributed by atoms with E-state index in [1.165, 1.54) is 11.8 Å². The number of carbonyl (C=O) groups excluding carboxylic acids is 1. The molecule has 5 nitrogen and oxygen atoms in total. The Morgan fingerprint density at radius 3 is 2.81 bits per heavy atom. The molecule has 2 N–H and O–H groups in total. The van der Waals surface area contributed by atoms with Crippen LogP contribution in [0.1, 0.15) is 18.1 Å². The molecule has 0 spiro atoms. The van der Waals surface area contributed by atoms with Crippen molar-refractivity contribution in [2.45, 2.75) is 13.8 Å². The van der Waals surface area contributed by atoms with Gasteiger partial charge in [0.15, 0.2) is 16.7 Å². The first-order valence-corrected chi connectivity index (χ1v) is 9.65. The van der Waals surface area contributed by atoms with Crippen molar-refractivity contribution in [3.8, 4) is 11.5 Å². The van der Waals surface area contributed by atoms with Gasteiger partial charge in [-0.05, 0) is 67.1 Å². The lowest BCUT2D eigenvalue weighted by Crippen LogP contribution is -2.19. The molecule has 2 aromatic rings. The number of rotatable bonds is 4. The van der Waals surface area contributed by atoms with Crippen LogP contribution < -0.4 is 10.1 Å². The van der Waals surface area contributed by atoms with E-state index in [1.807, 2.05) is 13.0 Å². The number of hydrogen-bond donors (Lipinski definition) is 2. The second kappa shape index (κ2) is 8.25. The van der Waals surface area contributed by atoms with E-state index in [4.69, 9.17) is 27.9 Å². The van der Waals surface area contributed by atoms with E-state index >= 15 is 0 Å². The smallest absolute Gasteiger partial charge is 0.264 e. The van der Waals surface area contributed by atoms with Gasteiger partial charge in [-0.2, -0.15) is 0 Å². The van der Waals surface area contributed by atoms with Crippen LogP contribution in [-0.2, 0) is 4.79 Å². The molecule has 1 fully saturated rings. The molecule has 1 saturated heterocycles. The van der Waals surface area contributed by atoms with Gasteiger partial charge in [0.05, 0.1) is 22.2 Å². The number of phenols is 1. The van der Waals surface area contributed by atoms with Crippen LogP contribution in [0.5, 0.6) is 11.5 Å². The fourth-order valence-electron chi connectivity index (χ4n) is 2.39. The Hall–Kier alpha value is -2.15. The molecular weight excluding hydrogens is 407 g/mol. The van der Waals surface area contributed by atoms with Gasteiger partial charge in [-0.1, -0.05) is 29.3 Å². The zero-order valence-corrected chi connectivity index (χ0v) is 16.9. The first-order valence-electron chi connectivity index (χ1n) is 8.08. The van der Waals surface area contributed by atoms with E-state index in [0.717, 1.165) is 5.56 Å². The highest BCUT2D eigenvalue weighted by Gasteiger charge is 2.24. The average Bonchev–Trinajstić information content (AvgIpc) is 2.95. The van der Waals surface area contributed by atoms with E-state index < -0.39 is 0 Å². The summed E-state index contributed by atoms with van der Waals surface area (Å²) in [5.74, 6) is -0.118. The maximum absolute atomic E-state index is 12.3. The summed E-state index contributed by atoms with van der Waals surface area (Å²) in [4.78, 5) is 17.2. The van der Waals surface area contributed by atoms with Crippen molar-refractivity contribution in [3.05, 3.63) is 56.4 Å². The van der Waals surface area contributed by atoms with Crippen molar-refractivity contribution in [1.82, 2.24) is 5.32 Å². The number of nitrogens with zero attached hydrogens (tertiary/aromatic N) is 1. The fraction of sp³-hybridized carbons (Fsp3) is 0.158. The normalized spacial score (nSPS) is 16.8. The van der Waals surface area contributed by atoms with E-state index in [1.54, 1.807) is 37.3 Å². The predicted octanol–water partition coefficient (Wildman–Crippen LogP) is 5.30. The molecular formula is C19H16Cl2N2O3S. The SMILES string of the molecule is CCOc1cc(/C=C2\SC(=Nc3cc(Cl)ccc3C)NC2=O)cc(Cl)c1O. The zero-order valence-electron chi connectivity index (χ0n) is 14.5. The molecule has 1 amide bonds. The number of halogens is 2. The third-order valence-electron chi connectivity index (χ3n) is 3.69. The Morgan fingerprint density at radius 1 is 1.30 bits per heavy atom. The second-order valence-corrected chi connectivity index (χ2v) is 7.57. The predicted molar refractivity (Wildman–Crippen MR) is 111 cm³/mol. The molecule has 0 atom stereocenters. The molecule has 1 heterocycles. The Kier molecular flexibility index (Phi) is 5.99. The number of ether oxygens (including phenoxy) is 1. The minimum Gasteiger partial charge on any atom is -0.503 e. The number of thioether (sulfide) groups is 1. The highest BCUT2D eigenvalue weighted by molar-refractivity contribution is 8.18. The number of aromatic hydroxyl groups is 1. The van der Waals surface area contributed by atoms with Crippen molar-refractivity contribution in [2.75, 3.05) is 6.61 Å². The molecule has 1 aliphatic heterocycles. The third kappa shape index (κ3) is 4.58. The molecule has 0 radical (unpaired) electrons. The van der Waals surface area contributed by atoms with Crippen LogP contribution in [0.2, 0.25) is 10.0 Å². The molecule has 1 aliphatic rings. The summed E-state index contributed by atoms with van der Waals surface area (Å²) in [6.07, 6.45) is 1.67. The van der Waals surface area contributed by atoms with Crippen LogP contribution in [0, 0.1) is 6.92 Å². The Bertz CT molecular complexity index is 974. The van der Waals surface area contributed by atoms with Gasteiger partial charge in [0, 0.05) is 5.02 Å². The van der Waals surface area contributed by atoms with Gasteiger partial charge in [-0.25, -0.2) is 4.99 Å². The number of nitrogens with one attached hydrogen (secondary N) is 1. The number of phenolic OH excluding ortho intramolecular Hbond substituents is 1. The molecule has 0 bridgehead atoms. The van der Waals surface area contributed by atoms with E-state index in [0.29, 0.717) is 33.0 Å². The summed E-state index contributed by atoms with van der Waals surface area (Å²) >= 11 is 13.3. The van der Waals surface area contributed by atoms with Crippen molar-refractivity contribution in [3.63, 3.8) is 0 Å². The summed E-state index contributed by atoms with van der Waals surface area (Å²) in [6, 6.07) is 8.59. The summed E-state index contributed by atoms with van der Waals surface area (Å²) in [5, 5.41) is 13.9. The van der Waals surface area contributed by atoms with Crippen LogP contribution in [0.25, 0.3) is 6.08 Å². The van der Waals surface area contributed by atoms with E-state index in [-0.39, 0.29) is 22.4 Å². The first kappa shape index (κ1) is 19.6. The van der Waals surface area contributed by atoms with Crippen molar-refractivity contribution < 1.29 is 14.6 Å². The van der Waals surface area contributed by atoms with Crippen molar-refractivity contribution >= 4 is 57.8 Å². The lowest BCUT2D eigenvalue weighted by atomic mass is 10.2. The van der Waals surface area contributed by atoms with Crippen LogP contribution >= 0.6 is 35.0 Å².